The zero-order valence-electron chi connectivity index (χ0n) is 82.5. The maximum atomic E-state index is 11.9. The number of amides is 3. The van der Waals surface area contributed by atoms with E-state index in [1.165, 1.54) is 12.1 Å². The molecule has 0 aliphatic carbocycles. The summed E-state index contributed by atoms with van der Waals surface area (Å²) in [6, 6.07) is 21.2. The summed E-state index contributed by atoms with van der Waals surface area (Å²) in [5.74, 6) is 0. The monoisotopic (exact) mass is 1810 g/mol. The predicted octanol–water partition coefficient (Wildman–Crippen LogP) is -17.9. The van der Waals surface area contributed by atoms with E-state index in [4.69, 9.17) is 306 Å². The molecule has 3 aliphatic heterocycles. The quantitative estimate of drug-likeness (QED) is 0.0117. The highest BCUT2D eigenvalue weighted by Gasteiger charge is 2.65. The number of nitro groups is 2. The number of hydrogen-bond donors (Lipinski definition) is 5. The second kappa shape index (κ2) is 63.9. The highest BCUT2D eigenvalue weighted by Crippen LogP contribution is 2.33. The Bertz CT molecular complexity index is 3920. The number of anilines is 3. The van der Waals surface area contributed by atoms with Crippen molar-refractivity contribution >= 4 is 572 Å². The third kappa shape index (κ3) is 44.2. The smallest absolute Gasteiger partial charge is 0.407 e. The number of para-hydroxylation sites is 5. The van der Waals surface area contributed by atoms with E-state index in [1.54, 1.807) is 36.4 Å². The Morgan fingerprint density at radius 2 is 0.579 bits per heavy atom. The van der Waals surface area contributed by atoms with Gasteiger partial charge in [-0.25, -0.2) is 14.4 Å². The molecule has 0 spiro atoms. The highest BCUT2D eigenvalue weighted by molar-refractivity contribution is 9.10. The van der Waals surface area contributed by atoms with Crippen molar-refractivity contribution in [1.82, 2.24) is 21.3 Å². The lowest BCUT2D eigenvalue weighted by molar-refractivity contribution is -0.385. The molecule has 3 aromatic carbocycles. The van der Waals surface area contributed by atoms with E-state index in [0.29, 0.717) is 16.7 Å². The van der Waals surface area contributed by atoms with Crippen molar-refractivity contribution in [3.8, 4) is 0 Å². The van der Waals surface area contributed by atoms with E-state index in [0.717, 1.165) is 82.6 Å². The number of rotatable bonds is 41. The first-order chi connectivity index (χ1) is 64.5. The Morgan fingerprint density at radius 3 is 0.821 bits per heavy atom. The molecule has 3 aliphatic rings. The molecule has 140 heavy (non-hydrogen) atoms. The van der Waals surface area contributed by atoms with Gasteiger partial charge in [0.15, 0.2) is 0 Å². The SMILES string of the molecule is CC(C)(C)OC(=O)N[C@H]1CCCN(c2ccccc2N)C1.CC(C)(C)OC(=O)N[C@H]1CCCN(c2ccccc2[N+](=O)[O-])C1.CC(C)(C)OC(=O)N[C@H]1CCCNC1.O=[N+]([O-])c1ccccc1Br.[B]B([B])B([B])B(B([B])[B])B(B(B(B([B])[B])B([B])[B])B(B([B])[B])B([B])[B])B(B(B(B([B])[B])B([B])[B])B(B([B])[B])B([B])[B])B(B(B(B([B])[B])B([B])[B])B(B([B])[B])B([B])[B])B(B(B([B])[B])B([B])[B])B(B([B])[B])B([B])[B]. The lowest BCUT2D eigenvalue weighted by atomic mass is 8.21. The number of benzene rings is 3. The van der Waals surface area contributed by atoms with Crippen LogP contribution in [0.1, 0.15) is 101 Å². The molecule has 6 rings (SSSR count). The van der Waals surface area contributed by atoms with Crippen LogP contribution in [-0.2, 0) is 14.2 Å². The number of nitrogens with one attached hydrogen (secondary N) is 4. The van der Waals surface area contributed by atoms with E-state index in [1.807, 2.05) is 91.5 Å². The lowest BCUT2D eigenvalue weighted by Crippen LogP contribution is -2.98. The number of halogens is 1. The van der Waals surface area contributed by atoms with E-state index in [-0.39, 0.29) is 46.6 Å². The maximum Gasteiger partial charge on any atom is 0.407 e. The Morgan fingerprint density at radius 1 is 0.343 bits per heavy atom. The minimum atomic E-state index is -1.77. The van der Waals surface area contributed by atoms with Crippen LogP contribution in [0.15, 0.2) is 77.3 Å². The van der Waals surface area contributed by atoms with Gasteiger partial charge in [0.1, 0.15) is 22.5 Å². The number of nitrogens with zero attached hydrogens (tertiary/aromatic N) is 4. The molecule has 19 nitrogen and oxygen atoms in total. The van der Waals surface area contributed by atoms with Crippen LogP contribution in [-0.4, -0.2) is 612 Å². The summed E-state index contributed by atoms with van der Waals surface area (Å²) in [7, 11) is 250. The molecule has 3 heterocycles. The molecular formula is C48H72B72BrN9O10. The van der Waals surface area contributed by atoms with Crippen molar-refractivity contribution < 1.29 is 38.4 Å². The molecule has 3 aromatic rings. The largest absolute Gasteiger partial charge is 0.444 e. The third-order valence-electron chi connectivity index (χ3n) is 25.2. The van der Waals surface area contributed by atoms with Gasteiger partial charge in [0.05, 0.1) is 25.7 Å². The number of carbonyl (C=O) groups excluding carboxylic acids is 3. The fraction of sp³-hybridized carbons (Fsp3) is 0.562. The van der Waals surface area contributed by atoms with E-state index < -0.39 is 251 Å². The minimum absolute atomic E-state index is 0.0848. The first-order valence-corrected chi connectivity index (χ1v) is 47.4. The molecule has 592 valence electrons. The Hall–Kier alpha value is -1.21. The zero-order chi connectivity index (χ0) is 108. The van der Waals surface area contributed by atoms with Gasteiger partial charge in [-0.3, -0.25) is 20.2 Å². The molecule has 74 radical (unpaired) electrons. The summed E-state index contributed by atoms with van der Waals surface area (Å²) in [4.78, 5) is 59.8. The van der Waals surface area contributed by atoms with Gasteiger partial charge in [0, 0.05) is 573 Å². The van der Waals surface area contributed by atoms with Crippen LogP contribution in [0.25, 0.3) is 0 Å². The highest BCUT2D eigenvalue weighted by atomic mass is 79.9. The second-order valence-electron chi connectivity index (χ2n) is 39.8. The van der Waals surface area contributed by atoms with Gasteiger partial charge in [-0.2, -0.15) is 0 Å². The van der Waals surface area contributed by atoms with Gasteiger partial charge in [-0.05, 0) is 148 Å². The predicted molar refractivity (Wildman–Crippen MR) is 684 cm³/mol. The number of hydrogen-bond acceptors (Lipinski definition) is 14. The topological polar surface area (TPSA) is 246 Å². The molecule has 3 saturated heterocycles. The second-order valence-corrected chi connectivity index (χ2v) is 40.6. The number of nitro benzene ring substituents is 2. The molecule has 3 atom stereocenters. The van der Waals surface area contributed by atoms with Gasteiger partial charge in [0.2, 0.25) is 0 Å². The summed E-state index contributed by atoms with van der Waals surface area (Å²) in [5, 5.41) is 33.3. The van der Waals surface area contributed by atoms with Crippen LogP contribution in [0.4, 0.5) is 42.8 Å². The third-order valence-corrected chi connectivity index (χ3v) is 25.8. The van der Waals surface area contributed by atoms with Crippen LogP contribution in [0.3, 0.4) is 0 Å². The Kier molecular flexibility index (Phi) is 61.6. The summed E-state index contributed by atoms with van der Waals surface area (Å²) in [6.07, 6.45) is -50.7. The molecule has 92 heteroatoms. The van der Waals surface area contributed by atoms with Crippen LogP contribution in [0, 0.1) is 20.2 Å². The molecule has 3 fully saturated rings. The first-order valence-electron chi connectivity index (χ1n) is 46.6. The Balaban J connectivity index is 0.000000762. The fourth-order valence-corrected chi connectivity index (χ4v) is 20.3. The first kappa shape index (κ1) is 135. The number of piperidine rings is 3. The van der Waals surface area contributed by atoms with E-state index >= 15 is 0 Å². The van der Waals surface area contributed by atoms with Gasteiger partial charge in [-0.1, -0.05) is 36.4 Å². The fourth-order valence-electron chi connectivity index (χ4n) is 19.9. The van der Waals surface area contributed by atoms with Crippen molar-refractivity contribution in [3.05, 3.63) is 97.5 Å². The number of alkyl carbamates (subject to hydrolysis) is 3. The van der Waals surface area contributed by atoms with E-state index in [2.05, 4.69) is 42.1 Å². The average Bonchev–Trinajstić information content (AvgIpc) is 0.716. The number of nitrogens with two attached hydrogens (primary N) is 1. The summed E-state index contributed by atoms with van der Waals surface area (Å²) in [6.45, 7) is 21.5. The molecule has 0 unspecified atom stereocenters. The number of ether oxygens (including phenoxy) is 3. The van der Waals surface area contributed by atoms with Crippen molar-refractivity contribution in [2.45, 2.75) is 136 Å². The molecule has 6 N–H and O–H groups in total. The summed E-state index contributed by atoms with van der Waals surface area (Å²) < 4.78 is 16.3. The van der Waals surface area contributed by atoms with E-state index in [9.17, 15) is 34.6 Å². The van der Waals surface area contributed by atoms with Crippen molar-refractivity contribution in [2.24, 2.45) is 0 Å². The molecule has 3 amide bonds. The summed E-state index contributed by atoms with van der Waals surface area (Å²) >= 11 is 3.06. The molecule has 0 saturated carbocycles. The van der Waals surface area contributed by atoms with Crippen LogP contribution < -0.4 is 36.8 Å². The van der Waals surface area contributed by atoms with Crippen LogP contribution in [0.2, 0.25) is 0 Å². The number of carbonyl (C=O) groups is 3. The van der Waals surface area contributed by atoms with Gasteiger partial charge < -0.3 is 51.0 Å². The maximum absolute atomic E-state index is 11.9. The number of nitrogen functional groups attached to an aromatic ring is 1. The molecular weight excluding hydrogens is 1720 g/mol. The van der Waals surface area contributed by atoms with Gasteiger partial charge in [0.25, 0.3) is 11.4 Å². The lowest BCUT2D eigenvalue weighted by Gasteiger charge is -2.60. The molecule has 0 aromatic heterocycles. The van der Waals surface area contributed by atoms with Crippen LogP contribution >= 0.6 is 15.9 Å². The van der Waals surface area contributed by atoms with Crippen molar-refractivity contribution in [1.29, 1.82) is 0 Å². The van der Waals surface area contributed by atoms with Crippen molar-refractivity contribution in [3.63, 3.8) is 0 Å². The van der Waals surface area contributed by atoms with Gasteiger partial charge in [-0.15, -0.1) is 0 Å². The zero-order valence-corrected chi connectivity index (χ0v) is 84.1. The summed E-state index contributed by atoms with van der Waals surface area (Å²) in [5.41, 5.74) is 7.19. The van der Waals surface area contributed by atoms with Gasteiger partial charge >= 0.3 is 18.3 Å². The normalized spacial score (nSPS) is 13.9. The standard InChI is InChI=1S/C16H23N3O4.C16H25N3O2.C10H20N2O2.C6H4BrNO2.B72/c1-16(2,3)23-15(20)17-12-7-6-10-18(11-12)13-8-4-5-9-14(13)19(21)22;1-16(2,3)21-15(20)18-12-7-6-10-19(11-12)14-9-5-4-8-13(14)17;1-10(2,3)14-9(13)12-8-5-4-6-11-7-8;7-5-3-1-2-4-6(5)8(9)10;1-38(2)56(37)65(55(35)36)70(66(57(39(3)4)40(5)6)58(41(7)8)42(9)10)72(69(63(51(27)28)52(29)30)64(53(31)32)54(33)34)71(67(59(43(11)12)44(13)14)60(45(15)16)46(17)18)68(61(47(19)20)48(21)22)62(49(23)24)50(25)26/h4-5,8-9,12H,6-7,10-11H2,1-3H3,(H,17,20);4-5,8-9,12H,6-7,10-11,17H2,1-3H3,(H,18,20);8,11H,4-7H2,1-3H3,(H,12,13);1-4H;/t2*12-;8-;;/m000../s1. The Labute approximate surface area is 912 Å². The molecule has 0 bridgehead atoms. The van der Waals surface area contributed by atoms with Crippen molar-refractivity contribution in [2.75, 3.05) is 54.8 Å². The minimum Gasteiger partial charge on any atom is -0.444 e. The van der Waals surface area contributed by atoms with Crippen LogP contribution in [0.5, 0.6) is 0 Å². The average molecular weight is 1790 g/mol.